The molecule has 0 bridgehead atoms. The molecule has 0 heterocycles. The summed E-state index contributed by atoms with van der Waals surface area (Å²) in [5.74, 6) is 0.473. The Morgan fingerprint density at radius 2 is 1.90 bits per heavy atom. The average molecular weight is 349 g/mol. The Labute approximate surface area is 133 Å². The summed E-state index contributed by atoms with van der Waals surface area (Å²) in [6, 6.07) is 15.7. The van der Waals surface area contributed by atoms with Gasteiger partial charge in [-0.1, -0.05) is 36.4 Å². The second-order valence-electron chi connectivity index (χ2n) is 4.72. The number of ether oxygens (including phenoxy) is 2. The number of esters is 1. The maximum Gasteiger partial charge on any atom is 0.303 e. The highest BCUT2D eigenvalue weighted by molar-refractivity contribution is 9.10. The molecule has 2 aromatic rings. The predicted octanol–water partition coefficient (Wildman–Crippen LogP) is 4.65. The van der Waals surface area contributed by atoms with Crippen LogP contribution in [0.4, 0.5) is 0 Å². The number of halogens is 1. The van der Waals surface area contributed by atoms with Crippen molar-refractivity contribution in [3.8, 4) is 5.75 Å². The summed E-state index contributed by atoms with van der Waals surface area (Å²) in [7, 11) is 0. The van der Waals surface area contributed by atoms with E-state index in [0.717, 1.165) is 21.3 Å². The van der Waals surface area contributed by atoms with Gasteiger partial charge >= 0.3 is 5.97 Å². The van der Waals surface area contributed by atoms with Crippen molar-refractivity contribution >= 4 is 21.9 Å². The summed E-state index contributed by atoms with van der Waals surface area (Å²) in [6.07, 6.45) is -0.276. The van der Waals surface area contributed by atoms with Gasteiger partial charge in [0, 0.05) is 6.92 Å². The minimum absolute atomic E-state index is 0.276. The molecule has 110 valence electrons. The lowest BCUT2D eigenvalue weighted by molar-refractivity contribution is -0.145. The zero-order chi connectivity index (χ0) is 15.2. The number of hydrogen-bond donors (Lipinski definition) is 0. The van der Waals surface area contributed by atoms with Crippen LogP contribution < -0.4 is 4.74 Å². The highest BCUT2D eigenvalue weighted by atomic mass is 79.9. The summed E-state index contributed by atoms with van der Waals surface area (Å²) in [5, 5.41) is 0. The molecule has 0 saturated carbocycles. The van der Waals surface area contributed by atoms with E-state index in [1.54, 1.807) is 0 Å². The summed E-state index contributed by atoms with van der Waals surface area (Å²) >= 11 is 3.49. The second kappa shape index (κ2) is 7.27. The molecule has 0 radical (unpaired) electrons. The SMILES string of the molecule is CC(=O)OC(C)c1ccc(OCc2ccccc2)c(Br)c1. The summed E-state index contributed by atoms with van der Waals surface area (Å²) < 4.78 is 11.8. The summed E-state index contributed by atoms with van der Waals surface area (Å²) in [4.78, 5) is 11.0. The fourth-order valence-corrected chi connectivity index (χ4v) is 2.45. The van der Waals surface area contributed by atoms with E-state index in [4.69, 9.17) is 9.47 Å². The molecule has 0 amide bonds. The Kier molecular flexibility index (Phi) is 5.39. The quantitative estimate of drug-likeness (QED) is 0.737. The van der Waals surface area contributed by atoms with E-state index in [-0.39, 0.29) is 12.1 Å². The van der Waals surface area contributed by atoms with Gasteiger partial charge in [0.05, 0.1) is 4.47 Å². The van der Waals surface area contributed by atoms with E-state index < -0.39 is 0 Å². The van der Waals surface area contributed by atoms with Gasteiger partial charge in [-0.05, 0) is 46.1 Å². The van der Waals surface area contributed by atoms with Crippen LogP contribution in [0.25, 0.3) is 0 Å². The maximum absolute atomic E-state index is 11.0. The van der Waals surface area contributed by atoms with Gasteiger partial charge in [-0.15, -0.1) is 0 Å². The van der Waals surface area contributed by atoms with Gasteiger partial charge in [-0.2, -0.15) is 0 Å². The molecule has 2 rings (SSSR count). The molecule has 3 nitrogen and oxygen atoms in total. The third kappa shape index (κ3) is 4.60. The van der Waals surface area contributed by atoms with Gasteiger partial charge in [0.25, 0.3) is 0 Å². The van der Waals surface area contributed by atoms with Crippen molar-refractivity contribution in [2.24, 2.45) is 0 Å². The van der Waals surface area contributed by atoms with Crippen LogP contribution in [0, 0.1) is 0 Å². The third-order valence-electron chi connectivity index (χ3n) is 3.01. The molecular formula is C17H17BrO3. The van der Waals surface area contributed by atoms with E-state index in [1.807, 2.05) is 55.5 Å². The number of carbonyl (C=O) groups is 1. The van der Waals surface area contributed by atoms with Crippen molar-refractivity contribution < 1.29 is 14.3 Å². The first kappa shape index (κ1) is 15.6. The molecule has 2 aromatic carbocycles. The standard InChI is InChI=1S/C17H17BrO3/c1-12(21-13(2)19)15-8-9-17(16(18)10-15)20-11-14-6-4-3-5-7-14/h3-10,12H,11H2,1-2H3. The molecule has 0 N–H and O–H groups in total. The van der Waals surface area contributed by atoms with Gasteiger partial charge < -0.3 is 9.47 Å². The molecule has 0 aliphatic heterocycles. The van der Waals surface area contributed by atoms with Gasteiger partial charge in [-0.25, -0.2) is 0 Å². The maximum atomic E-state index is 11.0. The molecule has 0 aromatic heterocycles. The Morgan fingerprint density at radius 1 is 1.19 bits per heavy atom. The Morgan fingerprint density at radius 3 is 2.52 bits per heavy atom. The van der Waals surface area contributed by atoms with Crippen LogP contribution in [0.2, 0.25) is 0 Å². The Bertz CT molecular complexity index is 611. The number of rotatable bonds is 5. The van der Waals surface area contributed by atoms with Crippen molar-refractivity contribution in [1.82, 2.24) is 0 Å². The number of benzene rings is 2. The monoisotopic (exact) mass is 348 g/mol. The minimum Gasteiger partial charge on any atom is -0.488 e. The van der Waals surface area contributed by atoms with Crippen LogP contribution in [0.15, 0.2) is 53.0 Å². The van der Waals surface area contributed by atoms with Crippen LogP contribution in [-0.4, -0.2) is 5.97 Å². The smallest absolute Gasteiger partial charge is 0.303 e. The molecule has 0 aliphatic rings. The molecule has 1 unspecified atom stereocenters. The lowest BCUT2D eigenvalue weighted by Gasteiger charge is -2.14. The van der Waals surface area contributed by atoms with Gasteiger partial charge in [0.15, 0.2) is 0 Å². The predicted molar refractivity (Wildman–Crippen MR) is 85.1 cm³/mol. The zero-order valence-corrected chi connectivity index (χ0v) is 13.6. The normalized spacial score (nSPS) is 11.8. The Balaban J connectivity index is 2.04. The van der Waals surface area contributed by atoms with E-state index in [9.17, 15) is 4.79 Å². The fourth-order valence-electron chi connectivity index (χ4n) is 1.94. The van der Waals surface area contributed by atoms with Crippen molar-refractivity contribution in [3.63, 3.8) is 0 Å². The van der Waals surface area contributed by atoms with Crippen molar-refractivity contribution in [2.75, 3.05) is 0 Å². The van der Waals surface area contributed by atoms with E-state index in [2.05, 4.69) is 15.9 Å². The zero-order valence-electron chi connectivity index (χ0n) is 12.0. The summed E-state index contributed by atoms with van der Waals surface area (Å²) in [5.41, 5.74) is 2.03. The van der Waals surface area contributed by atoms with E-state index in [1.165, 1.54) is 6.92 Å². The molecular weight excluding hydrogens is 332 g/mol. The van der Waals surface area contributed by atoms with Crippen LogP contribution in [0.1, 0.15) is 31.1 Å². The van der Waals surface area contributed by atoms with E-state index >= 15 is 0 Å². The lowest BCUT2D eigenvalue weighted by atomic mass is 10.1. The van der Waals surface area contributed by atoms with Gasteiger partial charge in [-0.3, -0.25) is 4.79 Å². The van der Waals surface area contributed by atoms with Crippen LogP contribution in [0.5, 0.6) is 5.75 Å². The van der Waals surface area contributed by atoms with Crippen molar-refractivity contribution in [2.45, 2.75) is 26.6 Å². The average Bonchev–Trinajstić information content (AvgIpc) is 2.46. The van der Waals surface area contributed by atoms with E-state index in [0.29, 0.717) is 6.61 Å². The van der Waals surface area contributed by atoms with Crippen LogP contribution in [0.3, 0.4) is 0 Å². The topological polar surface area (TPSA) is 35.5 Å². The molecule has 0 aliphatic carbocycles. The molecule has 21 heavy (non-hydrogen) atoms. The largest absolute Gasteiger partial charge is 0.488 e. The van der Waals surface area contributed by atoms with Gasteiger partial charge in [0.2, 0.25) is 0 Å². The summed E-state index contributed by atoms with van der Waals surface area (Å²) in [6.45, 7) is 3.76. The highest BCUT2D eigenvalue weighted by Gasteiger charge is 2.11. The molecule has 0 spiro atoms. The first-order valence-electron chi connectivity index (χ1n) is 6.69. The first-order chi connectivity index (χ1) is 10.1. The number of hydrogen-bond acceptors (Lipinski definition) is 3. The fraction of sp³-hybridized carbons (Fsp3) is 0.235. The molecule has 1 atom stereocenters. The first-order valence-corrected chi connectivity index (χ1v) is 7.49. The van der Waals surface area contributed by atoms with Crippen molar-refractivity contribution in [3.05, 3.63) is 64.1 Å². The molecule has 4 heteroatoms. The highest BCUT2D eigenvalue weighted by Crippen LogP contribution is 2.30. The lowest BCUT2D eigenvalue weighted by Crippen LogP contribution is -2.05. The van der Waals surface area contributed by atoms with Crippen LogP contribution in [-0.2, 0) is 16.1 Å². The second-order valence-corrected chi connectivity index (χ2v) is 5.57. The molecule has 0 fully saturated rings. The van der Waals surface area contributed by atoms with Gasteiger partial charge in [0.1, 0.15) is 18.5 Å². The Hall–Kier alpha value is -1.81. The number of carbonyl (C=O) groups excluding carboxylic acids is 1. The minimum atomic E-state index is -0.289. The molecule has 0 saturated heterocycles. The third-order valence-corrected chi connectivity index (χ3v) is 3.62. The van der Waals surface area contributed by atoms with Crippen LogP contribution >= 0.6 is 15.9 Å². The van der Waals surface area contributed by atoms with Crippen molar-refractivity contribution in [1.29, 1.82) is 0 Å².